The second-order valence-electron chi connectivity index (χ2n) is 4.48. The molecule has 14 heavy (non-hydrogen) atoms. The van der Waals surface area contributed by atoms with Gasteiger partial charge in [-0.3, -0.25) is 4.31 Å². The van der Waals surface area contributed by atoms with Gasteiger partial charge in [0.05, 0.1) is 0 Å². The summed E-state index contributed by atoms with van der Waals surface area (Å²) < 4.78 is 2.52. The van der Waals surface area contributed by atoms with Gasteiger partial charge in [-0.15, -0.1) is 0 Å². The highest BCUT2D eigenvalue weighted by Crippen LogP contribution is 2.38. The number of rotatable bonds is 1. The number of hydrogen-bond donors (Lipinski definition) is 1. The molecule has 0 bridgehead atoms. The van der Waals surface area contributed by atoms with Crippen LogP contribution in [0.25, 0.3) is 0 Å². The Kier molecular flexibility index (Phi) is 3.13. The molecule has 1 unspecified atom stereocenters. The average Bonchev–Trinajstić information content (AvgIpc) is 2.67. The zero-order valence-corrected chi connectivity index (χ0v) is 9.83. The fourth-order valence-corrected chi connectivity index (χ4v) is 3.46. The third-order valence-corrected chi connectivity index (χ3v) is 5.27. The summed E-state index contributed by atoms with van der Waals surface area (Å²) >= 11 is 0. The second-order valence-corrected chi connectivity index (χ2v) is 6.24. The molecule has 0 aromatic rings. The van der Waals surface area contributed by atoms with Gasteiger partial charge >= 0.3 is 0 Å². The van der Waals surface area contributed by atoms with Gasteiger partial charge in [0.25, 0.3) is 0 Å². The zero-order chi connectivity index (χ0) is 10.0. The van der Waals surface area contributed by atoms with Crippen molar-refractivity contribution in [2.75, 3.05) is 32.4 Å². The van der Waals surface area contributed by atoms with Crippen molar-refractivity contribution in [2.24, 2.45) is 5.41 Å². The average molecular weight is 212 g/mol. The van der Waals surface area contributed by atoms with Crippen LogP contribution in [-0.4, -0.2) is 41.8 Å². The highest BCUT2D eigenvalue weighted by molar-refractivity contribution is 8.11. The molecule has 0 aliphatic carbocycles. The lowest BCUT2D eigenvalue weighted by Gasteiger charge is -2.38. The first-order chi connectivity index (χ1) is 6.76. The lowest BCUT2D eigenvalue weighted by atomic mass is 9.78. The fourth-order valence-electron chi connectivity index (χ4n) is 2.55. The van der Waals surface area contributed by atoms with Crippen LogP contribution in [0.2, 0.25) is 0 Å². The lowest BCUT2D eigenvalue weighted by Crippen LogP contribution is -2.38. The Morgan fingerprint density at radius 2 is 2.07 bits per heavy atom. The van der Waals surface area contributed by atoms with Gasteiger partial charge < -0.3 is 5.32 Å². The first-order valence-electron chi connectivity index (χ1n) is 5.40. The molecule has 0 aromatic carbocycles. The summed E-state index contributed by atoms with van der Waals surface area (Å²) in [6, 6.07) is 0. The van der Waals surface area contributed by atoms with E-state index in [2.05, 4.69) is 27.5 Å². The fraction of sp³-hybridized carbons (Fsp3) is 0.818. The van der Waals surface area contributed by atoms with Gasteiger partial charge in [0.2, 0.25) is 0 Å². The largest absolute Gasteiger partial charge is 0.316 e. The molecule has 2 heterocycles. The third-order valence-electron chi connectivity index (χ3n) is 3.71. The molecular formula is C11H20N2S. The number of nitrogens with zero attached hydrogens (tertiary/aromatic N) is 1. The summed E-state index contributed by atoms with van der Waals surface area (Å²) in [5.74, 6) is 0. The van der Waals surface area contributed by atoms with Gasteiger partial charge in [-0.1, -0.05) is 15.7 Å². The summed E-state index contributed by atoms with van der Waals surface area (Å²) in [6.45, 7) is 8.71. The Hall–Kier alpha value is -0.0800. The first kappa shape index (κ1) is 10.4. The van der Waals surface area contributed by atoms with Crippen molar-refractivity contribution in [1.82, 2.24) is 9.62 Å². The van der Waals surface area contributed by atoms with Crippen LogP contribution in [0.15, 0.2) is 6.58 Å². The predicted molar refractivity (Wildman–Crippen MR) is 64.9 cm³/mol. The minimum absolute atomic E-state index is 0.172. The van der Waals surface area contributed by atoms with Crippen molar-refractivity contribution in [3.05, 3.63) is 6.58 Å². The van der Waals surface area contributed by atoms with Crippen LogP contribution in [-0.2, 0) is 0 Å². The van der Waals surface area contributed by atoms with E-state index in [4.69, 9.17) is 0 Å². The molecule has 3 heteroatoms. The van der Waals surface area contributed by atoms with Gasteiger partial charge in [0, 0.05) is 19.6 Å². The summed E-state index contributed by atoms with van der Waals surface area (Å²) in [7, 11) is 0.172. The highest BCUT2D eigenvalue weighted by Gasteiger charge is 2.36. The van der Waals surface area contributed by atoms with Crippen molar-refractivity contribution in [1.29, 1.82) is 0 Å². The maximum atomic E-state index is 3.76. The smallest absolute Gasteiger partial charge is 0.00957 e. The van der Waals surface area contributed by atoms with Gasteiger partial charge in [-0.05, 0) is 44.1 Å². The normalized spacial score (nSPS) is 28.9. The van der Waals surface area contributed by atoms with Crippen molar-refractivity contribution in [3.8, 4) is 0 Å². The van der Waals surface area contributed by atoms with Crippen LogP contribution in [0.3, 0.4) is 0 Å². The summed E-state index contributed by atoms with van der Waals surface area (Å²) in [4.78, 5) is 0. The van der Waals surface area contributed by atoms with Gasteiger partial charge in [0.15, 0.2) is 0 Å². The molecule has 1 atom stereocenters. The predicted octanol–water partition coefficient (Wildman–Crippen LogP) is 1.46. The number of hydrogen-bond acceptors (Lipinski definition) is 2. The summed E-state index contributed by atoms with van der Waals surface area (Å²) in [5.41, 5.74) is 0.641. The quantitative estimate of drug-likeness (QED) is 0.662. The lowest BCUT2D eigenvalue weighted by molar-refractivity contribution is 0.183. The van der Waals surface area contributed by atoms with E-state index in [0.29, 0.717) is 5.41 Å². The molecule has 0 saturated carbocycles. The molecule has 2 saturated heterocycles. The van der Waals surface area contributed by atoms with E-state index < -0.39 is 0 Å². The third kappa shape index (κ3) is 1.96. The molecule has 80 valence electrons. The Morgan fingerprint density at radius 3 is 2.57 bits per heavy atom. The monoisotopic (exact) mass is 212 g/mol. The van der Waals surface area contributed by atoms with Crippen LogP contribution in [0.5, 0.6) is 0 Å². The Balaban J connectivity index is 1.94. The molecule has 2 nitrogen and oxygen atoms in total. The minimum Gasteiger partial charge on any atom is -0.316 e. The van der Waals surface area contributed by atoms with E-state index >= 15 is 0 Å². The van der Waals surface area contributed by atoms with Crippen LogP contribution in [0.1, 0.15) is 19.3 Å². The molecule has 0 amide bonds. The molecule has 0 aromatic heterocycles. The molecule has 2 rings (SSSR count). The standard InChI is InChI=1S/C11H20N2S/c1-3-14(2)13-8-5-11(6-9-13)4-7-12-10-11/h12H,1,4-10H2,2H3. The molecule has 2 aliphatic rings. The topological polar surface area (TPSA) is 15.3 Å². The van der Waals surface area contributed by atoms with Crippen molar-refractivity contribution in [2.45, 2.75) is 19.3 Å². The van der Waals surface area contributed by atoms with E-state index in [-0.39, 0.29) is 10.7 Å². The highest BCUT2D eigenvalue weighted by atomic mass is 32.2. The van der Waals surface area contributed by atoms with Crippen molar-refractivity contribution in [3.63, 3.8) is 0 Å². The van der Waals surface area contributed by atoms with Gasteiger partial charge in [-0.25, -0.2) is 0 Å². The maximum absolute atomic E-state index is 3.76. The molecule has 2 fully saturated rings. The molecule has 0 radical (unpaired) electrons. The Morgan fingerprint density at radius 1 is 1.36 bits per heavy atom. The number of piperidine rings is 1. The maximum Gasteiger partial charge on any atom is 0.00957 e. The SMILES string of the molecule is C=C=S(C)N1CCC2(CCNC2)CC1. The summed E-state index contributed by atoms with van der Waals surface area (Å²) in [6.07, 6.45) is 6.33. The summed E-state index contributed by atoms with van der Waals surface area (Å²) in [5, 5.41) is 6.60. The van der Waals surface area contributed by atoms with Gasteiger partial charge in [-0.2, -0.15) is 0 Å². The van der Waals surface area contributed by atoms with Crippen LogP contribution >= 0.6 is 10.7 Å². The molecule has 1 N–H and O–H groups in total. The van der Waals surface area contributed by atoms with Gasteiger partial charge in [0.1, 0.15) is 0 Å². The zero-order valence-electron chi connectivity index (χ0n) is 9.01. The van der Waals surface area contributed by atoms with Crippen molar-refractivity contribution >= 4 is 15.7 Å². The Bertz CT molecular complexity index is 252. The van der Waals surface area contributed by atoms with E-state index in [0.717, 1.165) is 0 Å². The Labute approximate surface area is 89.4 Å². The van der Waals surface area contributed by atoms with Crippen LogP contribution in [0.4, 0.5) is 0 Å². The first-order valence-corrected chi connectivity index (χ1v) is 6.99. The molecular weight excluding hydrogens is 192 g/mol. The van der Waals surface area contributed by atoms with Crippen LogP contribution in [0, 0.1) is 5.41 Å². The molecule has 1 spiro atoms. The van der Waals surface area contributed by atoms with E-state index in [1.54, 1.807) is 0 Å². The van der Waals surface area contributed by atoms with E-state index in [1.807, 2.05) is 0 Å². The van der Waals surface area contributed by atoms with E-state index in [9.17, 15) is 0 Å². The second kappa shape index (κ2) is 4.19. The van der Waals surface area contributed by atoms with E-state index in [1.165, 1.54) is 45.4 Å². The minimum atomic E-state index is 0.172. The van der Waals surface area contributed by atoms with Crippen LogP contribution < -0.4 is 5.32 Å². The molecule has 2 aliphatic heterocycles. The van der Waals surface area contributed by atoms with Crippen molar-refractivity contribution < 1.29 is 0 Å². The number of nitrogens with one attached hydrogen (secondary N) is 1.